The van der Waals surface area contributed by atoms with Crippen LogP contribution in [0.1, 0.15) is 34.0 Å². The first kappa shape index (κ1) is 27.2. The van der Waals surface area contributed by atoms with Crippen molar-refractivity contribution in [3.63, 3.8) is 0 Å². The molecule has 8 heteroatoms. The topological polar surface area (TPSA) is 56.1 Å². The van der Waals surface area contributed by atoms with Gasteiger partial charge in [-0.25, -0.2) is 5.01 Å². The first-order valence-corrected chi connectivity index (χ1v) is 15.3. The summed E-state index contributed by atoms with van der Waals surface area (Å²) in [6.45, 7) is 2.87. The Labute approximate surface area is 248 Å². The van der Waals surface area contributed by atoms with Gasteiger partial charge in [0.05, 0.1) is 36.6 Å². The molecule has 0 radical (unpaired) electrons. The van der Waals surface area contributed by atoms with E-state index in [1.807, 2.05) is 35.7 Å². The van der Waals surface area contributed by atoms with Crippen molar-refractivity contribution < 1.29 is 14.3 Å². The van der Waals surface area contributed by atoms with Crippen LogP contribution in [-0.2, 0) is 11.3 Å². The predicted molar refractivity (Wildman–Crippen MR) is 168 cm³/mol. The number of aryl methyl sites for hydroxylation is 1. The molecule has 0 N–H and O–H groups in total. The van der Waals surface area contributed by atoms with E-state index < -0.39 is 0 Å². The summed E-state index contributed by atoms with van der Waals surface area (Å²) in [6, 6.07) is 26.6. The molecule has 5 aromatic rings. The lowest BCUT2D eigenvalue weighted by molar-refractivity contribution is -0.130. The highest BCUT2D eigenvalue weighted by Crippen LogP contribution is 2.42. The largest absolute Gasteiger partial charge is 0.493 e. The fourth-order valence-electron chi connectivity index (χ4n) is 5.30. The Morgan fingerprint density at radius 2 is 1.83 bits per heavy atom. The molecule has 3 heterocycles. The Hall–Kier alpha value is -4.01. The van der Waals surface area contributed by atoms with E-state index in [1.54, 1.807) is 42.3 Å². The number of carbonyl (C=O) groups excluding carboxylic acids is 1. The highest BCUT2D eigenvalue weighted by atomic mass is 32.2. The molecule has 208 valence electrons. The number of methoxy groups -OCH3 is 2. The number of nitrogens with zero attached hydrogens (tertiary/aromatic N) is 3. The minimum atomic E-state index is -0.284. The van der Waals surface area contributed by atoms with Gasteiger partial charge in [0, 0.05) is 40.5 Å². The number of hydrogen-bond acceptors (Lipinski definition) is 6. The minimum absolute atomic E-state index is 0.0493. The van der Waals surface area contributed by atoms with Gasteiger partial charge >= 0.3 is 0 Å². The van der Waals surface area contributed by atoms with Crippen LogP contribution in [0.15, 0.2) is 100 Å². The normalized spacial score (nSPS) is 14.9. The number of rotatable bonds is 9. The molecule has 1 aliphatic heterocycles. The van der Waals surface area contributed by atoms with Gasteiger partial charge in [-0.05, 0) is 36.1 Å². The zero-order valence-electron chi connectivity index (χ0n) is 23.2. The number of thioether (sulfide) groups is 1. The Balaban J connectivity index is 1.28. The van der Waals surface area contributed by atoms with Gasteiger partial charge in [0.15, 0.2) is 11.5 Å². The quantitative estimate of drug-likeness (QED) is 0.169. The molecule has 0 spiro atoms. The zero-order valence-corrected chi connectivity index (χ0v) is 24.9. The third-order valence-electron chi connectivity index (χ3n) is 7.34. The molecule has 1 unspecified atom stereocenters. The van der Waals surface area contributed by atoms with E-state index in [2.05, 4.69) is 66.2 Å². The summed E-state index contributed by atoms with van der Waals surface area (Å²) in [5, 5.41) is 9.68. The van der Waals surface area contributed by atoms with E-state index in [0.717, 1.165) is 38.5 Å². The summed E-state index contributed by atoms with van der Waals surface area (Å²) in [5.41, 5.74) is 5.43. The lowest BCUT2D eigenvalue weighted by Gasteiger charge is -2.24. The highest BCUT2D eigenvalue weighted by molar-refractivity contribution is 8.00. The summed E-state index contributed by atoms with van der Waals surface area (Å²) in [4.78, 5) is 16.0. The predicted octanol–water partition coefficient (Wildman–Crippen LogP) is 7.55. The fourth-order valence-corrected chi connectivity index (χ4v) is 6.97. The van der Waals surface area contributed by atoms with Gasteiger partial charge in [-0.1, -0.05) is 66.2 Å². The average molecular weight is 582 g/mol. The number of thiophene rings is 1. The van der Waals surface area contributed by atoms with Gasteiger partial charge in [-0.2, -0.15) is 5.10 Å². The van der Waals surface area contributed by atoms with Crippen LogP contribution in [0.2, 0.25) is 0 Å². The molecule has 41 heavy (non-hydrogen) atoms. The smallest absolute Gasteiger partial charge is 0.253 e. The van der Waals surface area contributed by atoms with Gasteiger partial charge in [0.25, 0.3) is 5.91 Å². The molecule has 6 nitrogen and oxygen atoms in total. The number of aromatic nitrogens is 1. The van der Waals surface area contributed by atoms with Gasteiger partial charge in [-0.15, -0.1) is 23.1 Å². The third kappa shape index (κ3) is 5.49. The number of hydrazone groups is 1. The molecule has 2 aromatic heterocycles. The van der Waals surface area contributed by atoms with Gasteiger partial charge in [0.2, 0.25) is 0 Å². The van der Waals surface area contributed by atoms with E-state index >= 15 is 0 Å². The maximum Gasteiger partial charge on any atom is 0.253 e. The maximum absolute atomic E-state index is 13.9. The van der Waals surface area contributed by atoms with Crippen molar-refractivity contribution in [2.75, 3.05) is 20.0 Å². The molecular weight excluding hydrogens is 551 g/mol. The second kappa shape index (κ2) is 11.8. The average Bonchev–Trinajstić information content (AvgIpc) is 3.76. The summed E-state index contributed by atoms with van der Waals surface area (Å²) in [6.07, 6.45) is 2.77. The van der Waals surface area contributed by atoms with Crippen molar-refractivity contribution in [3.05, 3.63) is 112 Å². The van der Waals surface area contributed by atoms with Crippen molar-refractivity contribution in [2.45, 2.75) is 30.8 Å². The van der Waals surface area contributed by atoms with Crippen LogP contribution >= 0.6 is 23.1 Å². The van der Waals surface area contributed by atoms with E-state index in [-0.39, 0.29) is 17.7 Å². The Morgan fingerprint density at radius 1 is 1.00 bits per heavy atom. The van der Waals surface area contributed by atoms with E-state index in [0.29, 0.717) is 17.9 Å². The lowest BCUT2D eigenvalue weighted by atomic mass is 9.99. The van der Waals surface area contributed by atoms with Crippen LogP contribution in [0.5, 0.6) is 11.5 Å². The molecule has 6 rings (SSSR count). The Bertz CT molecular complexity index is 1710. The molecule has 3 aromatic carbocycles. The molecule has 1 aliphatic rings. The molecule has 0 saturated heterocycles. The van der Waals surface area contributed by atoms with Gasteiger partial charge < -0.3 is 14.0 Å². The molecular formula is C33H31N3O3S2. The highest BCUT2D eigenvalue weighted by Gasteiger charge is 2.36. The molecule has 0 saturated carbocycles. The monoisotopic (exact) mass is 581 g/mol. The molecule has 0 bridgehead atoms. The number of para-hydroxylation sites is 2. The number of amides is 1. The number of ether oxygens (including phenoxy) is 2. The second-order valence-corrected chi connectivity index (χ2v) is 11.9. The van der Waals surface area contributed by atoms with Crippen molar-refractivity contribution >= 4 is 45.6 Å². The molecule has 0 fully saturated rings. The minimum Gasteiger partial charge on any atom is -0.493 e. The summed E-state index contributed by atoms with van der Waals surface area (Å²) in [7, 11) is 3.25. The lowest BCUT2D eigenvalue weighted by Crippen LogP contribution is -2.28. The van der Waals surface area contributed by atoms with Crippen LogP contribution in [-0.4, -0.2) is 41.2 Å². The maximum atomic E-state index is 13.9. The molecule has 1 amide bonds. The van der Waals surface area contributed by atoms with Crippen LogP contribution in [0.4, 0.5) is 0 Å². The number of hydrogen-bond donors (Lipinski definition) is 0. The second-order valence-electron chi connectivity index (χ2n) is 9.98. The molecule has 0 aliphatic carbocycles. The van der Waals surface area contributed by atoms with Crippen molar-refractivity contribution in [1.82, 2.24) is 9.58 Å². The first-order chi connectivity index (χ1) is 20.1. The van der Waals surface area contributed by atoms with Crippen molar-refractivity contribution in [2.24, 2.45) is 5.10 Å². The van der Waals surface area contributed by atoms with Gasteiger partial charge in [-0.3, -0.25) is 4.79 Å². The molecule has 1 atom stereocenters. The Morgan fingerprint density at radius 3 is 2.59 bits per heavy atom. The summed E-state index contributed by atoms with van der Waals surface area (Å²) >= 11 is 3.19. The third-order valence-corrected chi connectivity index (χ3v) is 9.29. The van der Waals surface area contributed by atoms with Crippen LogP contribution in [0, 0.1) is 6.92 Å². The van der Waals surface area contributed by atoms with Crippen LogP contribution in [0.3, 0.4) is 0 Å². The summed E-state index contributed by atoms with van der Waals surface area (Å²) < 4.78 is 13.6. The first-order valence-electron chi connectivity index (χ1n) is 13.5. The van der Waals surface area contributed by atoms with Crippen molar-refractivity contribution in [1.29, 1.82) is 0 Å². The van der Waals surface area contributed by atoms with E-state index in [4.69, 9.17) is 14.6 Å². The van der Waals surface area contributed by atoms with Crippen LogP contribution < -0.4 is 9.47 Å². The van der Waals surface area contributed by atoms with Gasteiger partial charge in [0.1, 0.15) is 0 Å². The fraction of sp³-hybridized carbons (Fsp3) is 0.212. The van der Waals surface area contributed by atoms with Crippen molar-refractivity contribution in [3.8, 4) is 11.5 Å². The number of fused-ring (bicyclic) bond motifs is 1. The number of carbonyl (C=O) groups is 1. The summed E-state index contributed by atoms with van der Waals surface area (Å²) in [5.74, 6) is 1.49. The standard InChI is InChI=1S/C33H31N3O3S2/c1-22-13-15-23(16-14-22)19-35-20-31(24-8-4-5-10-27(24)35)41-21-32(37)36-28(18-26(34-36)30-12-7-17-40-30)25-9-6-11-29(38-2)33(25)39-3/h4-17,20,28H,18-19,21H2,1-3H3. The van der Waals surface area contributed by atoms with Crippen LogP contribution in [0.25, 0.3) is 10.9 Å². The number of benzene rings is 3. The zero-order chi connectivity index (χ0) is 28.3. The van der Waals surface area contributed by atoms with E-state index in [9.17, 15) is 4.79 Å². The Kier molecular flexibility index (Phi) is 7.85. The van der Waals surface area contributed by atoms with E-state index in [1.165, 1.54) is 11.1 Å². The SMILES string of the molecule is COc1cccc(C2CC(c3cccs3)=NN2C(=O)CSc2cn(Cc3ccc(C)cc3)c3ccccc23)c1OC.